The van der Waals surface area contributed by atoms with E-state index in [2.05, 4.69) is 15.3 Å². The Bertz CT molecular complexity index is 1460. The van der Waals surface area contributed by atoms with Crippen LogP contribution in [0.2, 0.25) is 0 Å². The maximum atomic E-state index is 12.7. The number of anilines is 2. The van der Waals surface area contributed by atoms with Crippen LogP contribution in [0.5, 0.6) is 11.5 Å². The van der Waals surface area contributed by atoms with Gasteiger partial charge in [-0.25, -0.2) is 9.78 Å². The first-order valence-electron chi connectivity index (χ1n) is 10.1. The van der Waals surface area contributed by atoms with E-state index in [-0.39, 0.29) is 0 Å². The molecule has 5 aromatic rings. The number of para-hydroxylation sites is 2. The Morgan fingerprint density at radius 2 is 1.91 bits per heavy atom. The van der Waals surface area contributed by atoms with E-state index >= 15 is 0 Å². The molecule has 7 nitrogen and oxygen atoms in total. The van der Waals surface area contributed by atoms with Gasteiger partial charge in [0.1, 0.15) is 23.7 Å². The van der Waals surface area contributed by atoms with Gasteiger partial charge in [-0.2, -0.15) is 0 Å². The number of hydrogen-bond donors (Lipinski definition) is 1. The highest BCUT2D eigenvalue weighted by Gasteiger charge is 2.13. The fourth-order valence-corrected chi connectivity index (χ4v) is 4.05. The van der Waals surface area contributed by atoms with E-state index in [0.29, 0.717) is 40.1 Å². The first-order chi connectivity index (χ1) is 16.2. The van der Waals surface area contributed by atoms with E-state index in [0.717, 1.165) is 16.6 Å². The number of pyridine rings is 1. The lowest BCUT2D eigenvalue weighted by molar-refractivity contribution is 0.306. The molecule has 0 saturated heterocycles. The minimum Gasteiger partial charge on any atom is -0.495 e. The zero-order chi connectivity index (χ0) is 22.6. The number of rotatable bonds is 7. The molecular weight excluding hydrogens is 438 g/mol. The van der Waals surface area contributed by atoms with E-state index < -0.39 is 5.63 Å². The van der Waals surface area contributed by atoms with Crippen molar-refractivity contribution >= 4 is 33.1 Å². The molecule has 0 atom stereocenters. The molecule has 8 heteroatoms. The smallest absolute Gasteiger partial charge is 0.345 e. The average Bonchev–Trinajstić information content (AvgIpc) is 3.31. The molecule has 0 bridgehead atoms. The molecule has 164 valence electrons. The maximum absolute atomic E-state index is 12.7. The third kappa shape index (κ3) is 4.56. The Morgan fingerprint density at radius 3 is 2.76 bits per heavy atom. The Hall–Kier alpha value is -4.17. The molecule has 0 saturated carbocycles. The van der Waals surface area contributed by atoms with E-state index in [9.17, 15) is 4.79 Å². The van der Waals surface area contributed by atoms with Crippen LogP contribution in [-0.2, 0) is 6.61 Å². The van der Waals surface area contributed by atoms with E-state index in [4.69, 9.17) is 13.9 Å². The third-order valence-electron chi connectivity index (χ3n) is 4.99. The van der Waals surface area contributed by atoms with Gasteiger partial charge in [0.2, 0.25) is 0 Å². The number of fused-ring (bicyclic) bond motifs is 1. The molecule has 33 heavy (non-hydrogen) atoms. The monoisotopic (exact) mass is 457 g/mol. The number of aromatic nitrogens is 2. The number of methoxy groups -OCH3 is 1. The molecule has 5 rings (SSSR count). The van der Waals surface area contributed by atoms with Gasteiger partial charge < -0.3 is 19.2 Å². The Labute approximate surface area is 193 Å². The summed E-state index contributed by atoms with van der Waals surface area (Å²) in [5, 5.41) is 6.49. The van der Waals surface area contributed by atoms with Crippen molar-refractivity contribution in [2.45, 2.75) is 6.61 Å². The molecule has 1 N–H and O–H groups in total. The molecule has 0 fully saturated rings. The molecule has 0 aliphatic carbocycles. The van der Waals surface area contributed by atoms with Crippen molar-refractivity contribution in [2.75, 3.05) is 12.4 Å². The summed E-state index contributed by atoms with van der Waals surface area (Å²) in [5.41, 5.74) is 2.75. The SMILES string of the molecule is COc1ccccc1Nc1nc(-c2cc3ccc(OCc4ccncc4)cc3oc2=O)cs1. The molecule has 0 amide bonds. The zero-order valence-corrected chi connectivity index (χ0v) is 18.5. The minimum absolute atomic E-state index is 0.400. The van der Waals surface area contributed by atoms with Crippen LogP contribution in [0.1, 0.15) is 5.56 Å². The molecule has 0 aliphatic heterocycles. The Kier molecular flexibility index (Phi) is 5.73. The fourth-order valence-electron chi connectivity index (χ4n) is 3.32. The summed E-state index contributed by atoms with van der Waals surface area (Å²) in [6.07, 6.45) is 3.44. The molecule has 0 radical (unpaired) electrons. The second kappa shape index (κ2) is 9.13. The molecular formula is C25H19N3O4S. The van der Waals surface area contributed by atoms with Crippen LogP contribution in [0.4, 0.5) is 10.8 Å². The van der Waals surface area contributed by atoms with E-state index in [1.54, 1.807) is 31.6 Å². The van der Waals surface area contributed by atoms with Crippen molar-refractivity contribution < 1.29 is 13.9 Å². The van der Waals surface area contributed by atoms with Gasteiger partial charge in [0.15, 0.2) is 5.13 Å². The normalized spacial score (nSPS) is 10.8. The molecule has 0 unspecified atom stereocenters. The lowest BCUT2D eigenvalue weighted by Crippen LogP contribution is -2.03. The van der Waals surface area contributed by atoms with Crippen LogP contribution in [-0.4, -0.2) is 17.1 Å². The van der Waals surface area contributed by atoms with E-state index in [1.807, 2.05) is 53.9 Å². The van der Waals surface area contributed by atoms with E-state index in [1.165, 1.54) is 11.3 Å². The van der Waals surface area contributed by atoms with Crippen LogP contribution in [0.25, 0.3) is 22.2 Å². The minimum atomic E-state index is -0.456. The predicted molar refractivity (Wildman–Crippen MR) is 128 cm³/mol. The standard InChI is InChI=1S/C25H19N3O4S/c1-30-22-5-3-2-4-20(22)27-25-28-21(15-33-25)19-12-17-6-7-18(13-23(17)32-24(19)29)31-14-16-8-10-26-11-9-16/h2-13,15H,14H2,1H3,(H,27,28). The van der Waals surface area contributed by atoms with Crippen LogP contribution in [0, 0.1) is 0 Å². The number of ether oxygens (including phenoxy) is 2. The average molecular weight is 458 g/mol. The Morgan fingerprint density at radius 1 is 1.06 bits per heavy atom. The number of thiazole rings is 1. The number of benzene rings is 2. The summed E-state index contributed by atoms with van der Waals surface area (Å²) in [5.74, 6) is 1.33. The van der Waals surface area contributed by atoms with Crippen molar-refractivity contribution in [3.8, 4) is 22.8 Å². The fraction of sp³-hybridized carbons (Fsp3) is 0.0800. The van der Waals surface area contributed by atoms with Gasteiger partial charge in [0, 0.05) is 29.2 Å². The lowest BCUT2D eigenvalue weighted by Gasteiger charge is -2.08. The van der Waals surface area contributed by atoms with Gasteiger partial charge in [0.05, 0.1) is 24.1 Å². The van der Waals surface area contributed by atoms with Gasteiger partial charge in [-0.15, -0.1) is 11.3 Å². The molecule has 3 aromatic heterocycles. The van der Waals surface area contributed by atoms with Crippen molar-refractivity contribution in [3.63, 3.8) is 0 Å². The molecule has 3 heterocycles. The quantitative estimate of drug-likeness (QED) is 0.316. The number of nitrogens with one attached hydrogen (secondary N) is 1. The van der Waals surface area contributed by atoms with Crippen molar-refractivity contribution in [1.29, 1.82) is 0 Å². The summed E-state index contributed by atoms with van der Waals surface area (Å²) in [6.45, 7) is 0.400. The molecule has 0 aliphatic rings. The van der Waals surface area contributed by atoms with Crippen LogP contribution < -0.4 is 20.4 Å². The van der Waals surface area contributed by atoms with Gasteiger partial charge in [-0.05, 0) is 48.0 Å². The summed E-state index contributed by atoms with van der Waals surface area (Å²) in [4.78, 5) is 21.3. The van der Waals surface area contributed by atoms with Gasteiger partial charge in [0.25, 0.3) is 0 Å². The molecule has 0 spiro atoms. The van der Waals surface area contributed by atoms with Gasteiger partial charge >= 0.3 is 5.63 Å². The third-order valence-corrected chi connectivity index (χ3v) is 5.75. The first-order valence-corrected chi connectivity index (χ1v) is 11.0. The zero-order valence-electron chi connectivity index (χ0n) is 17.6. The highest BCUT2D eigenvalue weighted by molar-refractivity contribution is 7.14. The topological polar surface area (TPSA) is 86.5 Å². The van der Waals surface area contributed by atoms with Crippen LogP contribution in [0.3, 0.4) is 0 Å². The van der Waals surface area contributed by atoms with Crippen LogP contribution in [0.15, 0.2) is 87.6 Å². The van der Waals surface area contributed by atoms with Gasteiger partial charge in [-0.3, -0.25) is 4.98 Å². The highest BCUT2D eigenvalue weighted by Crippen LogP contribution is 2.31. The van der Waals surface area contributed by atoms with Crippen molar-refractivity contribution in [1.82, 2.24) is 9.97 Å². The highest BCUT2D eigenvalue weighted by atomic mass is 32.1. The first kappa shape index (κ1) is 20.7. The second-order valence-corrected chi connectivity index (χ2v) is 8.01. The van der Waals surface area contributed by atoms with Crippen molar-refractivity contribution in [3.05, 3.63) is 94.4 Å². The second-order valence-electron chi connectivity index (χ2n) is 7.15. The van der Waals surface area contributed by atoms with Crippen LogP contribution >= 0.6 is 11.3 Å². The van der Waals surface area contributed by atoms with Gasteiger partial charge in [-0.1, -0.05) is 12.1 Å². The predicted octanol–water partition coefficient (Wildman–Crippen LogP) is 5.64. The van der Waals surface area contributed by atoms with Crippen molar-refractivity contribution in [2.24, 2.45) is 0 Å². The Balaban J connectivity index is 1.38. The number of hydrogen-bond acceptors (Lipinski definition) is 8. The summed E-state index contributed by atoms with van der Waals surface area (Å²) < 4.78 is 16.8. The summed E-state index contributed by atoms with van der Waals surface area (Å²) >= 11 is 1.40. The maximum Gasteiger partial charge on any atom is 0.345 e. The summed E-state index contributed by atoms with van der Waals surface area (Å²) in [7, 11) is 1.61. The lowest BCUT2D eigenvalue weighted by atomic mass is 10.1. The summed E-state index contributed by atoms with van der Waals surface area (Å²) in [6, 6.07) is 18.6. The largest absolute Gasteiger partial charge is 0.495 e. The number of nitrogens with zero attached hydrogens (tertiary/aromatic N) is 2. The molecule has 2 aromatic carbocycles.